The molecule has 0 aliphatic carbocycles. The molecule has 1 aromatic carbocycles. The van der Waals surface area contributed by atoms with Crippen LogP contribution in [-0.4, -0.2) is 5.11 Å². The lowest BCUT2D eigenvalue weighted by molar-refractivity contribution is 0.465. The van der Waals surface area contributed by atoms with Gasteiger partial charge in [-0.15, -0.1) is 23.7 Å². The number of nitrogens with two attached hydrogens (primary N) is 1. The molecule has 0 radical (unpaired) electrons. The molecule has 0 saturated heterocycles. The lowest BCUT2D eigenvalue weighted by Crippen LogP contribution is -2.10. The Morgan fingerprint density at radius 2 is 2.12 bits per heavy atom. The van der Waals surface area contributed by atoms with Crippen molar-refractivity contribution in [3.05, 3.63) is 49.6 Å². The third-order valence-electron chi connectivity index (χ3n) is 2.24. The highest BCUT2D eigenvalue weighted by Gasteiger charge is 2.16. The molecule has 0 aliphatic rings. The first-order valence-electron chi connectivity index (χ1n) is 4.56. The Labute approximate surface area is 123 Å². The number of hydrogen-bond acceptors (Lipinski definition) is 3. The third-order valence-corrected chi connectivity index (χ3v) is 3.94. The largest absolute Gasteiger partial charge is 0.506 e. The van der Waals surface area contributed by atoms with Gasteiger partial charge >= 0.3 is 0 Å². The molecule has 0 bridgehead atoms. The van der Waals surface area contributed by atoms with Crippen molar-refractivity contribution < 1.29 is 5.11 Å². The Kier molecular flexibility index (Phi) is 5.28. The Hall–Kier alpha value is -0.260. The second-order valence-corrected chi connectivity index (χ2v) is 5.62. The van der Waals surface area contributed by atoms with Crippen molar-refractivity contribution in [2.45, 2.75) is 6.04 Å². The number of halogens is 3. The van der Waals surface area contributed by atoms with Crippen LogP contribution in [0.1, 0.15) is 16.5 Å². The van der Waals surface area contributed by atoms with Gasteiger partial charge in [-0.25, -0.2) is 0 Å². The van der Waals surface area contributed by atoms with Gasteiger partial charge in [-0.2, -0.15) is 0 Å². The van der Waals surface area contributed by atoms with Crippen LogP contribution in [0.2, 0.25) is 5.02 Å². The highest BCUT2D eigenvalue weighted by Crippen LogP contribution is 2.37. The van der Waals surface area contributed by atoms with Crippen LogP contribution in [0, 0.1) is 0 Å². The lowest BCUT2D eigenvalue weighted by atomic mass is 10.1. The van der Waals surface area contributed by atoms with Crippen LogP contribution in [0.3, 0.4) is 0 Å². The van der Waals surface area contributed by atoms with Crippen LogP contribution in [-0.2, 0) is 0 Å². The molecule has 17 heavy (non-hydrogen) atoms. The summed E-state index contributed by atoms with van der Waals surface area (Å²) in [6.07, 6.45) is 0. The van der Waals surface area contributed by atoms with Gasteiger partial charge in [0.1, 0.15) is 5.75 Å². The van der Waals surface area contributed by atoms with Gasteiger partial charge < -0.3 is 10.8 Å². The summed E-state index contributed by atoms with van der Waals surface area (Å²) < 4.78 is 0.803. The molecule has 3 N–H and O–H groups in total. The fourth-order valence-corrected chi connectivity index (χ4v) is 3.02. The minimum absolute atomic E-state index is 0. The average Bonchev–Trinajstić information content (AvgIpc) is 2.75. The standard InChI is InChI=1S/C11H9BrClNOS.ClH/c12-6-4-7(11(15)8(13)5-6)10(14)9-2-1-3-16-9;/h1-5,10,15H,14H2;1H/t10-;/m0./s1. The highest BCUT2D eigenvalue weighted by molar-refractivity contribution is 9.10. The van der Waals surface area contributed by atoms with Gasteiger partial charge in [-0.05, 0) is 23.6 Å². The summed E-state index contributed by atoms with van der Waals surface area (Å²) in [7, 11) is 0. The van der Waals surface area contributed by atoms with Crippen molar-refractivity contribution in [1.29, 1.82) is 0 Å². The molecule has 0 unspecified atom stereocenters. The van der Waals surface area contributed by atoms with Gasteiger partial charge in [0.25, 0.3) is 0 Å². The first kappa shape index (κ1) is 14.8. The zero-order valence-electron chi connectivity index (χ0n) is 8.56. The molecule has 6 heteroatoms. The van der Waals surface area contributed by atoms with Gasteiger partial charge in [0.15, 0.2) is 0 Å². The second-order valence-electron chi connectivity index (χ2n) is 3.32. The predicted molar refractivity (Wildman–Crippen MR) is 78.4 cm³/mol. The van der Waals surface area contributed by atoms with Crippen LogP contribution in [0.5, 0.6) is 5.75 Å². The van der Waals surface area contributed by atoms with E-state index in [1.54, 1.807) is 23.5 Å². The minimum atomic E-state index is -0.352. The van der Waals surface area contributed by atoms with Crippen LogP contribution < -0.4 is 5.73 Å². The SMILES string of the molecule is Cl.N[C@H](c1cccs1)c1cc(Br)cc(Cl)c1O. The maximum atomic E-state index is 9.86. The molecule has 1 aromatic heterocycles. The van der Waals surface area contributed by atoms with E-state index in [4.69, 9.17) is 17.3 Å². The van der Waals surface area contributed by atoms with E-state index < -0.39 is 0 Å². The monoisotopic (exact) mass is 353 g/mol. The zero-order valence-corrected chi connectivity index (χ0v) is 12.5. The zero-order chi connectivity index (χ0) is 11.7. The number of aromatic hydroxyl groups is 1. The number of hydrogen-bond donors (Lipinski definition) is 2. The third kappa shape index (κ3) is 3.14. The van der Waals surface area contributed by atoms with Crippen LogP contribution >= 0.6 is 51.3 Å². The van der Waals surface area contributed by atoms with Gasteiger partial charge in [0, 0.05) is 14.9 Å². The van der Waals surface area contributed by atoms with E-state index >= 15 is 0 Å². The second kappa shape index (κ2) is 6.07. The number of phenolic OH excluding ortho intramolecular Hbond substituents is 1. The predicted octanol–water partition coefficient (Wildman–Crippen LogP) is 4.34. The Morgan fingerprint density at radius 3 is 2.71 bits per heavy atom. The van der Waals surface area contributed by atoms with Crippen molar-refractivity contribution in [2.75, 3.05) is 0 Å². The van der Waals surface area contributed by atoms with Crippen LogP contribution in [0.4, 0.5) is 0 Å². The number of benzene rings is 1. The van der Waals surface area contributed by atoms with Crippen molar-refractivity contribution in [2.24, 2.45) is 5.73 Å². The summed E-state index contributed by atoms with van der Waals surface area (Å²) in [5.41, 5.74) is 6.70. The molecule has 1 atom stereocenters. The summed E-state index contributed by atoms with van der Waals surface area (Å²) in [4.78, 5) is 0.990. The summed E-state index contributed by atoms with van der Waals surface area (Å²) >= 11 is 10.8. The number of rotatable bonds is 2. The van der Waals surface area contributed by atoms with E-state index in [0.29, 0.717) is 10.6 Å². The first-order valence-corrected chi connectivity index (χ1v) is 6.61. The fraction of sp³-hybridized carbons (Fsp3) is 0.0909. The van der Waals surface area contributed by atoms with E-state index in [0.717, 1.165) is 9.35 Å². The van der Waals surface area contributed by atoms with Gasteiger partial charge in [0.2, 0.25) is 0 Å². The van der Waals surface area contributed by atoms with E-state index in [9.17, 15) is 5.11 Å². The lowest BCUT2D eigenvalue weighted by Gasteiger charge is -2.13. The molecule has 2 nitrogen and oxygen atoms in total. The van der Waals surface area contributed by atoms with Crippen LogP contribution in [0.15, 0.2) is 34.1 Å². The van der Waals surface area contributed by atoms with Crippen molar-refractivity contribution >= 4 is 51.3 Å². The molecular formula is C11H10BrCl2NOS. The van der Waals surface area contributed by atoms with Crippen molar-refractivity contribution in [3.63, 3.8) is 0 Å². The fourth-order valence-electron chi connectivity index (χ4n) is 1.44. The molecule has 2 aromatic rings. The minimum Gasteiger partial charge on any atom is -0.506 e. The molecule has 0 amide bonds. The number of phenols is 1. The number of thiophene rings is 1. The van der Waals surface area contributed by atoms with Gasteiger partial charge in [0.05, 0.1) is 11.1 Å². The summed E-state index contributed by atoms with van der Waals surface area (Å²) in [6, 6.07) is 6.93. The van der Waals surface area contributed by atoms with Crippen molar-refractivity contribution in [3.8, 4) is 5.75 Å². The summed E-state index contributed by atoms with van der Waals surface area (Å²) in [6.45, 7) is 0. The maximum Gasteiger partial charge on any atom is 0.139 e. The van der Waals surface area contributed by atoms with E-state index in [1.165, 1.54) is 0 Å². The van der Waals surface area contributed by atoms with Crippen LogP contribution in [0.25, 0.3) is 0 Å². The molecule has 0 fully saturated rings. The van der Waals surface area contributed by atoms with E-state index in [1.807, 2.05) is 17.5 Å². The molecule has 0 aliphatic heterocycles. The Balaban J connectivity index is 0.00000144. The molecule has 0 saturated carbocycles. The molecular weight excluding hydrogens is 345 g/mol. The normalized spacial score (nSPS) is 11.9. The van der Waals surface area contributed by atoms with Gasteiger partial charge in [-0.3, -0.25) is 0 Å². The smallest absolute Gasteiger partial charge is 0.139 e. The van der Waals surface area contributed by atoms with Gasteiger partial charge in [-0.1, -0.05) is 33.6 Å². The topological polar surface area (TPSA) is 46.2 Å². The Morgan fingerprint density at radius 1 is 1.41 bits per heavy atom. The molecule has 1 heterocycles. The average molecular weight is 355 g/mol. The highest BCUT2D eigenvalue weighted by atomic mass is 79.9. The maximum absolute atomic E-state index is 9.86. The molecule has 0 spiro atoms. The first-order chi connectivity index (χ1) is 7.59. The molecule has 92 valence electrons. The quantitative estimate of drug-likeness (QED) is 0.842. The van der Waals surface area contributed by atoms with E-state index in [-0.39, 0.29) is 24.2 Å². The van der Waals surface area contributed by atoms with Crippen molar-refractivity contribution in [1.82, 2.24) is 0 Å². The summed E-state index contributed by atoms with van der Waals surface area (Å²) in [5.74, 6) is 0.0470. The molecule has 2 rings (SSSR count). The van der Waals surface area contributed by atoms with E-state index in [2.05, 4.69) is 15.9 Å². The Bertz CT molecular complexity index is 504. The summed E-state index contributed by atoms with van der Waals surface area (Å²) in [5, 5.41) is 12.1.